The maximum absolute atomic E-state index is 13.0. The number of carbonyl (C=O) groups excluding carboxylic acids is 2. The molecule has 0 bridgehead atoms. The summed E-state index contributed by atoms with van der Waals surface area (Å²) in [5, 5.41) is 6.41. The molecule has 9 heteroatoms. The number of rotatable bonds is 6. The zero-order valence-corrected chi connectivity index (χ0v) is 18.0. The van der Waals surface area contributed by atoms with Gasteiger partial charge in [-0.1, -0.05) is 17.3 Å². The first-order chi connectivity index (χ1) is 15.4. The minimum absolute atomic E-state index is 0.0934. The van der Waals surface area contributed by atoms with E-state index in [1.54, 1.807) is 41.3 Å². The zero-order valence-electron chi connectivity index (χ0n) is 17.2. The molecule has 3 aromatic rings. The van der Waals surface area contributed by atoms with Crippen LogP contribution in [-0.2, 0) is 32.3 Å². The van der Waals surface area contributed by atoms with E-state index in [-0.39, 0.29) is 28.9 Å². The molecule has 1 N–H and O–H groups in total. The largest absolute Gasteiger partial charge is 0.356 e. The Kier molecular flexibility index (Phi) is 5.05. The predicted molar refractivity (Wildman–Crippen MR) is 118 cm³/mol. The molecule has 2 aliphatic heterocycles. The van der Waals surface area contributed by atoms with Crippen LogP contribution in [0.5, 0.6) is 0 Å². The van der Waals surface area contributed by atoms with Crippen LogP contribution in [0.15, 0.2) is 58.1 Å². The molecule has 2 aromatic carbocycles. The topological polar surface area (TPSA) is 110 Å². The van der Waals surface area contributed by atoms with Gasteiger partial charge in [0.15, 0.2) is 15.6 Å². The van der Waals surface area contributed by atoms with Gasteiger partial charge < -0.3 is 14.7 Å². The van der Waals surface area contributed by atoms with E-state index >= 15 is 0 Å². The molecule has 2 amide bonds. The quantitative estimate of drug-likeness (QED) is 0.617. The van der Waals surface area contributed by atoms with Gasteiger partial charge in [-0.3, -0.25) is 9.59 Å². The van der Waals surface area contributed by atoms with Crippen molar-refractivity contribution in [3.05, 3.63) is 59.8 Å². The van der Waals surface area contributed by atoms with Gasteiger partial charge in [-0.15, -0.1) is 0 Å². The molecule has 0 aliphatic carbocycles. The number of anilines is 2. The van der Waals surface area contributed by atoms with E-state index in [2.05, 4.69) is 10.5 Å². The van der Waals surface area contributed by atoms with Crippen molar-refractivity contribution < 1.29 is 22.5 Å². The highest BCUT2D eigenvalue weighted by molar-refractivity contribution is 7.91. The standard InChI is InChI=1S/C23H21N3O5S/c27-21(25-18-3-1-2-15(12-18)20-6-9-24-31-20)8-11-32(29,30)19-13-16-4-5-22(28)26-10-7-17(14-19)23(16)26/h1-3,6,9,12-14H,4-5,7-8,10-11H2,(H,25,27). The van der Waals surface area contributed by atoms with E-state index in [1.165, 1.54) is 6.20 Å². The number of aryl methyl sites for hydroxylation is 1. The van der Waals surface area contributed by atoms with Gasteiger partial charge in [0, 0.05) is 36.7 Å². The van der Waals surface area contributed by atoms with Gasteiger partial charge in [0.1, 0.15) is 0 Å². The molecule has 0 radical (unpaired) electrons. The number of aromatic nitrogens is 1. The fraction of sp³-hybridized carbons (Fsp3) is 0.261. The SMILES string of the molecule is O=C(CCS(=O)(=O)c1cc2c3c(c1)CCN3C(=O)CC2)Nc1cccc(-c2ccno2)c1. The maximum Gasteiger partial charge on any atom is 0.227 e. The Labute approximate surface area is 185 Å². The zero-order chi connectivity index (χ0) is 22.3. The van der Waals surface area contributed by atoms with E-state index in [0.717, 1.165) is 22.4 Å². The lowest BCUT2D eigenvalue weighted by Crippen LogP contribution is -2.32. The van der Waals surface area contributed by atoms with Gasteiger partial charge in [0.05, 0.1) is 22.5 Å². The van der Waals surface area contributed by atoms with Crippen LogP contribution in [0.2, 0.25) is 0 Å². The summed E-state index contributed by atoms with van der Waals surface area (Å²) < 4.78 is 31.0. The highest BCUT2D eigenvalue weighted by atomic mass is 32.2. The van der Waals surface area contributed by atoms with Crippen LogP contribution >= 0.6 is 0 Å². The number of hydrogen-bond donors (Lipinski definition) is 1. The van der Waals surface area contributed by atoms with Gasteiger partial charge in [-0.2, -0.15) is 0 Å². The average Bonchev–Trinajstić information content (AvgIpc) is 3.46. The summed E-state index contributed by atoms with van der Waals surface area (Å²) in [5.41, 5.74) is 3.97. The van der Waals surface area contributed by atoms with Crippen molar-refractivity contribution in [2.75, 3.05) is 22.5 Å². The lowest BCUT2D eigenvalue weighted by atomic mass is 10.00. The van der Waals surface area contributed by atoms with Gasteiger partial charge in [0.25, 0.3) is 0 Å². The minimum Gasteiger partial charge on any atom is -0.356 e. The molecule has 1 aromatic heterocycles. The van der Waals surface area contributed by atoms with E-state index < -0.39 is 9.84 Å². The third kappa shape index (κ3) is 3.80. The minimum atomic E-state index is -3.64. The van der Waals surface area contributed by atoms with E-state index in [1.807, 2.05) is 6.07 Å². The number of nitrogens with one attached hydrogen (secondary N) is 1. The van der Waals surface area contributed by atoms with Crippen LogP contribution in [0.1, 0.15) is 24.0 Å². The summed E-state index contributed by atoms with van der Waals surface area (Å²) in [6.07, 6.45) is 2.97. The molecule has 0 saturated carbocycles. The van der Waals surface area contributed by atoms with Crippen molar-refractivity contribution >= 4 is 33.0 Å². The van der Waals surface area contributed by atoms with Crippen molar-refractivity contribution in [1.29, 1.82) is 0 Å². The Balaban J connectivity index is 1.28. The van der Waals surface area contributed by atoms with Gasteiger partial charge >= 0.3 is 0 Å². The van der Waals surface area contributed by atoms with Crippen molar-refractivity contribution in [2.24, 2.45) is 0 Å². The molecule has 32 heavy (non-hydrogen) atoms. The van der Waals surface area contributed by atoms with E-state index in [0.29, 0.717) is 37.3 Å². The number of amides is 2. The van der Waals surface area contributed by atoms with Gasteiger partial charge in [-0.05, 0) is 48.2 Å². The summed E-state index contributed by atoms with van der Waals surface area (Å²) >= 11 is 0. The fourth-order valence-corrected chi connectivity index (χ4v) is 5.62. The molecule has 0 atom stereocenters. The number of hydrogen-bond acceptors (Lipinski definition) is 6. The van der Waals surface area contributed by atoms with Crippen LogP contribution in [0.4, 0.5) is 11.4 Å². The van der Waals surface area contributed by atoms with Crippen molar-refractivity contribution in [2.45, 2.75) is 30.6 Å². The van der Waals surface area contributed by atoms with Crippen molar-refractivity contribution in [3.63, 3.8) is 0 Å². The summed E-state index contributed by atoms with van der Waals surface area (Å²) in [4.78, 5) is 26.5. The summed E-state index contributed by atoms with van der Waals surface area (Å²) in [5.74, 6) is -0.00963. The second kappa shape index (κ2) is 7.90. The number of sulfone groups is 1. The Morgan fingerprint density at radius 2 is 1.91 bits per heavy atom. The maximum atomic E-state index is 13.0. The molecular weight excluding hydrogens is 430 g/mol. The third-order valence-corrected chi connectivity index (χ3v) is 7.55. The molecule has 2 aliphatic rings. The lowest BCUT2D eigenvalue weighted by molar-refractivity contribution is -0.119. The summed E-state index contributed by atoms with van der Waals surface area (Å²) in [7, 11) is -3.64. The summed E-state index contributed by atoms with van der Waals surface area (Å²) in [6, 6.07) is 12.1. The monoisotopic (exact) mass is 451 g/mol. The van der Waals surface area contributed by atoms with Crippen LogP contribution in [0, 0.1) is 0 Å². The first-order valence-corrected chi connectivity index (χ1v) is 12.1. The van der Waals surface area contributed by atoms with E-state index in [4.69, 9.17) is 4.52 Å². The van der Waals surface area contributed by atoms with Crippen molar-refractivity contribution in [1.82, 2.24) is 5.16 Å². The molecule has 0 unspecified atom stereocenters. The average molecular weight is 452 g/mol. The second-order valence-corrected chi connectivity index (χ2v) is 10.1. The molecule has 5 rings (SSSR count). The van der Waals surface area contributed by atoms with Crippen LogP contribution in [0.3, 0.4) is 0 Å². The molecule has 164 valence electrons. The molecule has 3 heterocycles. The Morgan fingerprint density at radius 1 is 1.09 bits per heavy atom. The lowest BCUT2D eigenvalue weighted by Gasteiger charge is -2.25. The number of benzene rings is 2. The highest BCUT2D eigenvalue weighted by Crippen LogP contribution is 2.38. The Hall–Kier alpha value is -3.46. The van der Waals surface area contributed by atoms with Crippen LogP contribution < -0.4 is 10.2 Å². The van der Waals surface area contributed by atoms with Crippen LogP contribution in [-0.4, -0.2) is 37.7 Å². The summed E-state index contributed by atoms with van der Waals surface area (Å²) in [6.45, 7) is 0.597. The Bertz CT molecular complexity index is 1320. The van der Waals surface area contributed by atoms with Gasteiger partial charge in [-0.25, -0.2) is 8.42 Å². The molecular formula is C23H21N3O5S. The molecule has 8 nitrogen and oxygen atoms in total. The van der Waals surface area contributed by atoms with Crippen molar-refractivity contribution in [3.8, 4) is 11.3 Å². The smallest absolute Gasteiger partial charge is 0.227 e. The third-order valence-electron chi connectivity index (χ3n) is 5.85. The Morgan fingerprint density at radius 3 is 2.69 bits per heavy atom. The first kappa shape index (κ1) is 20.4. The number of nitrogens with zero attached hydrogens (tertiary/aromatic N) is 2. The molecule has 0 fully saturated rings. The van der Waals surface area contributed by atoms with Gasteiger partial charge in [0.2, 0.25) is 11.8 Å². The first-order valence-electron chi connectivity index (χ1n) is 10.4. The highest BCUT2D eigenvalue weighted by Gasteiger charge is 2.33. The second-order valence-electron chi connectivity index (χ2n) is 7.96. The normalized spacial score (nSPS) is 15.0. The van der Waals surface area contributed by atoms with E-state index in [9.17, 15) is 18.0 Å². The molecule has 0 spiro atoms. The molecule has 0 saturated heterocycles. The van der Waals surface area contributed by atoms with Crippen LogP contribution in [0.25, 0.3) is 11.3 Å². The fourth-order valence-electron chi connectivity index (χ4n) is 4.29. The number of carbonyl (C=O) groups is 2. The predicted octanol–water partition coefficient (Wildman–Crippen LogP) is 2.98.